The van der Waals surface area contributed by atoms with E-state index in [1.807, 2.05) is 13.8 Å². The topological polar surface area (TPSA) is 139 Å². The van der Waals surface area contributed by atoms with E-state index in [1.54, 1.807) is 39.1 Å². The molecule has 1 aliphatic carbocycles. The van der Waals surface area contributed by atoms with Gasteiger partial charge in [-0.15, -0.1) is 11.3 Å². The smallest absolute Gasteiger partial charge is 0.411 e. The number of hydrogen-bond donors (Lipinski definition) is 3. The number of hydrogen-bond acceptors (Lipinski definition) is 9. The quantitative estimate of drug-likeness (QED) is 0.304. The average molecular weight is 651 g/mol. The van der Waals surface area contributed by atoms with Crippen LogP contribution in [0.1, 0.15) is 77.6 Å². The van der Waals surface area contributed by atoms with E-state index in [0.717, 1.165) is 54.6 Å². The molecule has 2 heterocycles. The van der Waals surface area contributed by atoms with Gasteiger partial charge in [0.05, 0.1) is 27.1 Å². The van der Waals surface area contributed by atoms with Gasteiger partial charge in [0.2, 0.25) is 10.0 Å². The molecule has 1 saturated heterocycles. The molecule has 1 radical (unpaired) electrons. The molecular formula is C29H44N5O6S2Si. The monoisotopic (exact) mass is 650 g/mol. The number of aromatic nitrogens is 1. The van der Waals surface area contributed by atoms with Crippen molar-refractivity contribution in [1.82, 2.24) is 19.6 Å². The number of amides is 2. The lowest BCUT2D eigenvalue weighted by Gasteiger charge is -2.28. The number of thiazole rings is 1. The Morgan fingerprint density at radius 2 is 1.88 bits per heavy atom. The highest BCUT2D eigenvalue weighted by Gasteiger charge is 2.30. The van der Waals surface area contributed by atoms with Crippen LogP contribution in [-0.2, 0) is 19.5 Å². The Kier molecular flexibility index (Phi) is 10.9. The standard InChI is InChI=1S/C29H44N5O6S2Si/c1-19(2)40-28(36)31-21-10-8-20(9-11-21)26-30-17-24(41-26)23-13-12-22(16-25(23)42(37,38)33-29(3,4)5)32-27(35)39-18-43-15-7-14-34(43)6/h12-13,16-17,19-21,33H,7-11,14-15,18H2,1-6H3,(H,31,36)(H,32,35). The first-order valence-corrected chi connectivity index (χ1v) is 19.0. The van der Waals surface area contributed by atoms with Crippen LogP contribution in [0, 0.1) is 0 Å². The summed E-state index contributed by atoms with van der Waals surface area (Å²) >= 11 is 1.48. The Hall–Kier alpha value is -2.52. The second-order valence-electron chi connectivity index (χ2n) is 12.6. The van der Waals surface area contributed by atoms with Gasteiger partial charge in [-0.05, 0) is 98.5 Å². The first-order chi connectivity index (χ1) is 20.2. The van der Waals surface area contributed by atoms with E-state index in [1.165, 1.54) is 17.4 Å². The van der Waals surface area contributed by atoms with Crippen molar-refractivity contribution in [1.29, 1.82) is 0 Å². The summed E-state index contributed by atoms with van der Waals surface area (Å²) in [5, 5.41) is 6.60. The fourth-order valence-corrected chi connectivity index (χ4v) is 10.3. The van der Waals surface area contributed by atoms with Gasteiger partial charge in [-0.25, -0.2) is 27.7 Å². The number of anilines is 1. The van der Waals surface area contributed by atoms with Gasteiger partial charge in [0.25, 0.3) is 0 Å². The van der Waals surface area contributed by atoms with Gasteiger partial charge in [0.15, 0.2) is 8.96 Å². The molecule has 11 nitrogen and oxygen atoms in total. The van der Waals surface area contributed by atoms with Crippen molar-refractivity contribution in [2.24, 2.45) is 0 Å². The van der Waals surface area contributed by atoms with Gasteiger partial charge in [-0.2, -0.15) is 0 Å². The van der Waals surface area contributed by atoms with Crippen LogP contribution in [0.4, 0.5) is 15.3 Å². The minimum Gasteiger partial charge on any atom is -0.452 e. The van der Waals surface area contributed by atoms with Crippen LogP contribution >= 0.6 is 11.3 Å². The third-order valence-electron chi connectivity index (χ3n) is 7.36. The van der Waals surface area contributed by atoms with E-state index in [9.17, 15) is 18.0 Å². The lowest BCUT2D eigenvalue weighted by Crippen LogP contribution is -2.40. The third-order valence-corrected chi connectivity index (χ3v) is 13.1. The molecule has 14 heteroatoms. The zero-order chi connectivity index (χ0) is 31.4. The van der Waals surface area contributed by atoms with E-state index in [2.05, 4.69) is 32.0 Å². The fourth-order valence-electron chi connectivity index (χ4n) is 5.34. The highest BCUT2D eigenvalue weighted by Crippen LogP contribution is 2.40. The van der Waals surface area contributed by atoms with Crippen LogP contribution in [0.5, 0.6) is 0 Å². The summed E-state index contributed by atoms with van der Waals surface area (Å²) in [6.45, 7) is 10.0. The van der Waals surface area contributed by atoms with E-state index in [4.69, 9.17) is 9.47 Å². The van der Waals surface area contributed by atoms with Crippen molar-refractivity contribution in [2.45, 2.75) is 101 Å². The molecule has 43 heavy (non-hydrogen) atoms. The maximum Gasteiger partial charge on any atom is 0.411 e. The average Bonchev–Trinajstić information content (AvgIpc) is 3.55. The summed E-state index contributed by atoms with van der Waals surface area (Å²) in [7, 11) is -2.77. The van der Waals surface area contributed by atoms with Gasteiger partial charge in [-0.3, -0.25) is 5.32 Å². The largest absolute Gasteiger partial charge is 0.452 e. The summed E-state index contributed by atoms with van der Waals surface area (Å²) in [5.41, 5.74) is 0.151. The Morgan fingerprint density at radius 1 is 1.16 bits per heavy atom. The SMILES string of the molecule is CC(C)OC(=O)NC1CCC(c2ncc(-c3ccc(NC(=O)OC[Si]4CCCN4C)cc3S(=O)(=O)NC(C)(C)C)s2)CC1. The molecule has 2 aromatic rings. The minimum atomic E-state index is -3.95. The van der Waals surface area contributed by atoms with Gasteiger partial charge in [-0.1, -0.05) is 6.07 Å². The molecular weight excluding hydrogens is 607 g/mol. The molecule has 3 N–H and O–H groups in total. The van der Waals surface area contributed by atoms with E-state index in [-0.39, 0.29) is 29.1 Å². The summed E-state index contributed by atoms with van der Waals surface area (Å²) in [6, 6.07) is 6.02. The molecule has 1 aromatic carbocycles. The lowest BCUT2D eigenvalue weighted by atomic mass is 9.86. The number of sulfonamides is 1. The third kappa shape index (κ3) is 9.48. The molecule has 0 unspecified atom stereocenters. The van der Waals surface area contributed by atoms with E-state index < -0.39 is 30.6 Å². The molecule has 1 saturated carbocycles. The Balaban J connectivity index is 1.49. The molecule has 1 aromatic heterocycles. The molecule has 237 valence electrons. The van der Waals surface area contributed by atoms with Gasteiger partial charge >= 0.3 is 12.2 Å². The van der Waals surface area contributed by atoms with Gasteiger partial charge in [0, 0.05) is 34.9 Å². The second-order valence-corrected chi connectivity index (χ2v) is 18.0. The maximum atomic E-state index is 13.6. The van der Waals surface area contributed by atoms with Crippen LogP contribution in [0.25, 0.3) is 10.4 Å². The van der Waals surface area contributed by atoms with E-state index in [0.29, 0.717) is 17.5 Å². The lowest BCUT2D eigenvalue weighted by molar-refractivity contribution is 0.109. The highest BCUT2D eigenvalue weighted by atomic mass is 32.2. The molecule has 0 bridgehead atoms. The molecule has 0 spiro atoms. The molecule has 1 aliphatic heterocycles. The summed E-state index contributed by atoms with van der Waals surface area (Å²) in [6.07, 6.45) is 5.42. The summed E-state index contributed by atoms with van der Waals surface area (Å²) in [5.74, 6) is 0.225. The number of rotatable bonds is 9. The summed E-state index contributed by atoms with van der Waals surface area (Å²) < 4.78 is 42.9. The number of ether oxygens (including phenoxy) is 2. The number of carbonyl (C=O) groups excluding carboxylic acids is 2. The summed E-state index contributed by atoms with van der Waals surface area (Å²) in [4.78, 5) is 30.0. The zero-order valence-electron chi connectivity index (χ0n) is 25.9. The van der Waals surface area contributed by atoms with Crippen LogP contribution in [0.2, 0.25) is 6.04 Å². The number of nitrogens with zero attached hydrogens (tertiary/aromatic N) is 2. The van der Waals surface area contributed by atoms with Gasteiger partial charge in [0.1, 0.15) is 0 Å². The molecule has 4 rings (SSSR count). The Morgan fingerprint density at radius 3 is 2.51 bits per heavy atom. The van der Waals surface area contributed by atoms with Crippen LogP contribution in [-0.4, -0.2) is 76.6 Å². The Labute approximate surface area is 260 Å². The van der Waals surface area contributed by atoms with Crippen molar-refractivity contribution < 1.29 is 27.5 Å². The van der Waals surface area contributed by atoms with Crippen LogP contribution in [0.3, 0.4) is 0 Å². The first-order valence-electron chi connectivity index (χ1n) is 14.8. The second kappa shape index (κ2) is 14.1. The zero-order valence-corrected chi connectivity index (χ0v) is 28.5. The molecule has 2 aliphatic rings. The normalized spacial score (nSPS) is 20.3. The minimum absolute atomic E-state index is 0.0643. The van der Waals surface area contributed by atoms with Crippen molar-refractivity contribution in [2.75, 3.05) is 25.1 Å². The predicted octanol–water partition coefficient (Wildman–Crippen LogP) is 5.46. The highest BCUT2D eigenvalue weighted by molar-refractivity contribution is 7.89. The maximum absolute atomic E-state index is 13.6. The number of alkyl carbamates (subject to hydrolysis) is 1. The van der Waals surface area contributed by atoms with Gasteiger partial charge < -0.3 is 19.4 Å². The molecule has 2 fully saturated rings. The van der Waals surface area contributed by atoms with Crippen molar-refractivity contribution in [3.63, 3.8) is 0 Å². The van der Waals surface area contributed by atoms with Crippen molar-refractivity contribution in [3.05, 3.63) is 29.4 Å². The van der Waals surface area contributed by atoms with Crippen LogP contribution < -0.4 is 15.4 Å². The number of benzene rings is 1. The molecule has 2 amide bonds. The molecule has 0 atom stereocenters. The number of carbonyl (C=O) groups is 2. The van der Waals surface area contributed by atoms with Crippen molar-refractivity contribution >= 4 is 48.2 Å². The fraction of sp³-hybridized carbons (Fsp3) is 0.621. The first kappa shape index (κ1) is 33.4. The van der Waals surface area contributed by atoms with Crippen LogP contribution in [0.15, 0.2) is 29.3 Å². The van der Waals surface area contributed by atoms with Crippen molar-refractivity contribution in [3.8, 4) is 10.4 Å². The number of nitrogens with one attached hydrogen (secondary N) is 3. The van der Waals surface area contributed by atoms with E-state index >= 15 is 0 Å². The Bertz CT molecular complexity index is 1390. The predicted molar refractivity (Wildman–Crippen MR) is 170 cm³/mol.